The summed E-state index contributed by atoms with van der Waals surface area (Å²) in [7, 11) is 0. The van der Waals surface area contributed by atoms with Crippen LogP contribution in [0.5, 0.6) is 0 Å². The molecule has 1 nitrogen and oxygen atoms in total. The summed E-state index contributed by atoms with van der Waals surface area (Å²) in [5.74, 6) is 0. The SMILES string of the molecule is [2H]c1c([2H])c([2H])c(-c2c([2H])c([2H])c([2H])c([2H])c2-c2c3ccccc3c(-c3cccc4oc5cc6cc(-c7ccccc7)ccc6cc5c34)c3ccccc23)c([2H])c1[2H]. The van der Waals surface area contributed by atoms with Crippen molar-refractivity contribution in [3.63, 3.8) is 0 Å². The molecule has 1 heterocycles. The molecule has 0 atom stereocenters. The molecule has 0 N–H and O–H groups in total. The predicted molar refractivity (Wildman–Crippen MR) is 208 cm³/mol. The molecule has 0 unspecified atom stereocenters. The Balaban J connectivity index is 1.31. The molecule has 9 aromatic carbocycles. The number of rotatable bonds is 4. The molecule has 0 saturated heterocycles. The zero-order valence-electron chi connectivity index (χ0n) is 35.0. The summed E-state index contributed by atoms with van der Waals surface area (Å²) in [6.45, 7) is 0. The second-order valence-electron chi connectivity index (χ2n) is 12.1. The molecule has 0 aliphatic heterocycles. The van der Waals surface area contributed by atoms with E-state index in [4.69, 9.17) is 15.4 Å². The lowest BCUT2D eigenvalue weighted by Gasteiger charge is -2.20. The highest BCUT2D eigenvalue weighted by atomic mass is 16.3. The van der Waals surface area contributed by atoms with E-state index in [1.54, 1.807) is 0 Å². The molecule has 10 aromatic rings. The first-order valence-corrected chi connectivity index (χ1v) is 16.1. The normalized spacial score (nSPS) is 14.2. The second-order valence-corrected chi connectivity index (χ2v) is 12.1. The van der Waals surface area contributed by atoms with Crippen molar-refractivity contribution in [1.29, 1.82) is 0 Å². The third-order valence-electron chi connectivity index (χ3n) is 9.45. The van der Waals surface area contributed by atoms with Gasteiger partial charge >= 0.3 is 0 Å². The van der Waals surface area contributed by atoms with Crippen molar-refractivity contribution >= 4 is 54.3 Å². The molecule has 10 rings (SSSR count). The minimum Gasteiger partial charge on any atom is -0.456 e. The summed E-state index contributed by atoms with van der Waals surface area (Å²) in [4.78, 5) is 0. The molecule has 0 saturated carbocycles. The average molecular weight is 632 g/mol. The van der Waals surface area contributed by atoms with Gasteiger partial charge < -0.3 is 4.42 Å². The number of fused-ring (bicyclic) bond motifs is 6. The van der Waals surface area contributed by atoms with E-state index in [0.717, 1.165) is 60.2 Å². The lowest BCUT2D eigenvalue weighted by atomic mass is 9.83. The van der Waals surface area contributed by atoms with Gasteiger partial charge in [-0.15, -0.1) is 0 Å². The Morgan fingerprint density at radius 1 is 0.367 bits per heavy atom. The van der Waals surface area contributed by atoms with Crippen LogP contribution in [0, 0.1) is 0 Å². The third kappa shape index (κ3) is 4.40. The van der Waals surface area contributed by atoms with Gasteiger partial charge in [-0.3, -0.25) is 0 Å². The van der Waals surface area contributed by atoms with Crippen molar-refractivity contribution in [2.24, 2.45) is 0 Å². The standard InChI is InChI=1S/C48H30O/c1-3-14-31(15-4-1)33-26-27-34-29-43-45(30-35(34)28-33)49-44-25-13-24-42(48(43)44)47-40-22-11-9-20-38(40)46(39-21-10-12-23-41(39)47)37-19-8-7-18-36(37)32-16-5-2-6-17-32/h1-30H/i2D,5D,6D,7D,8D,16D,17D,18D,19D. The fraction of sp³-hybridized carbons (Fsp3) is 0. The summed E-state index contributed by atoms with van der Waals surface area (Å²) in [6, 6.07) is 37.5. The Morgan fingerprint density at radius 2 is 1.00 bits per heavy atom. The third-order valence-corrected chi connectivity index (χ3v) is 9.45. The van der Waals surface area contributed by atoms with Gasteiger partial charge in [-0.1, -0.05) is 158 Å². The molecule has 0 aliphatic carbocycles. The van der Waals surface area contributed by atoms with Gasteiger partial charge in [-0.2, -0.15) is 0 Å². The zero-order valence-corrected chi connectivity index (χ0v) is 26.0. The first-order valence-electron chi connectivity index (χ1n) is 20.6. The summed E-state index contributed by atoms with van der Waals surface area (Å²) in [6.07, 6.45) is 0. The van der Waals surface area contributed by atoms with Crippen molar-refractivity contribution in [1.82, 2.24) is 0 Å². The summed E-state index contributed by atoms with van der Waals surface area (Å²) in [5, 5.41) is 6.92. The Labute approximate surface area is 297 Å². The monoisotopic (exact) mass is 631 g/mol. The van der Waals surface area contributed by atoms with E-state index in [-0.39, 0.29) is 22.7 Å². The van der Waals surface area contributed by atoms with Gasteiger partial charge in [0.2, 0.25) is 0 Å². The quantitative estimate of drug-likeness (QED) is 0.176. The van der Waals surface area contributed by atoms with Crippen molar-refractivity contribution in [3.8, 4) is 44.5 Å². The highest BCUT2D eigenvalue weighted by Crippen LogP contribution is 2.48. The summed E-state index contributed by atoms with van der Waals surface area (Å²) < 4.78 is 85.5. The van der Waals surface area contributed by atoms with Crippen LogP contribution in [0.4, 0.5) is 0 Å². The number of hydrogen-bond acceptors (Lipinski definition) is 1. The van der Waals surface area contributed by atoms with E-state index in [0.29, 0.717) is 21.9 Å². The van der Waals surface area contributed by atoms with Gasteiger partial charge in [0.1, 0.15) is 11.2 Å². The Morgan fingerprint density at radius 3 is 1.71 bits per heavy atom. The maximum atomic E-state index is 9.37. The first kappa shape index (κ1) is 20.0. The Hall–Kier alpha value is -6.44. The highest BCUT2D eigenvalue weighted by molar-refractivity contribution is 6.26. The molecular weight excluding hydrogens is 593 g/mol. The van der Waals surface area contributed by atoms with Gasteiger partial charge in [0.15, 0.2) is 0 Å². The maximum absolute atomic E-state index is 9.37. The van der Waals surface area contributed by atoms with Gasteiger partial charge in [-0.05, 0) is 101 Å². The molecule has 1 heteroatoms. The molecule has 1 aromatic heterocycles. The van der Waals surface area contributed by atoms with Crippen molar-refractivity contribution < 1.29 is 16.8 Å². The summed E-state index contributed by atoms with van der Waals surface area (Å²) in [5.41, 5.74) is 5.58. The van der Waals surface area contributed by atoms with Crippen molar-refractivity contribution in [2.75, 3.05) is 0 Å². The van der Waals surface area contributed by atoms with Crippen LogP contribution in [0.2, 0.25) is 0 Å². The van der Waals surface area contributed by atoms with Crippen LogP contribution in [0.3, 0.4) is 0 Å². The Bertz CT molecular complexity index is 3300. The van der Waals surface area contributed by atoms with Crippen LogP contribution in [0.15, 0.2) is 186 Å². The van der Waals surface area contributed by atoms with E-state index in [2.05, 4.69) is 48.5 Å². The Kier molecular flexibility index (Phi) is 4.53. The average Bonchev–Trinajstić information content (AvgIpc) is 3.62. The van der Waals surface area contributed by atoms with Crippen LogP contribution >= 0.6 is 0 Å². The lowest BCUT2D eigenvalue weighted by Crippen LogP contribution is -1.93. The van der Waals surface area contributed by atoms with Crippen LogP contribution in [0.25, 0.3) is 98.8 Å². The topological polar surface area (TPSA) is 13.1 Å². The van der Waals surface area contributed by atoms with E-state index in [9.17, 15) is 1.37 Å². The first-order chi connectivity index (χ1) is 28.0. The molecule has 228 valence electrons. The molecule has 0 fully saturated rings. The minimum absolute atomic E-state index is 0.0526. The van der Waals surface area contributed by atoms with Gasteiger partial charge in [0.05, 0.1) is 12.3 Å². The van der Waals surface area contributed by atoms with Crippen LogP contribution in [0.1, 0.15) is 12.3 Å². The van der Waals surface area contributed by atoms with Gasteiger partial charge in [-0.25, -0.2) is 0 Å². The van der Waals surface area contributed by atoms with Crippen LogP contribution in [-0.4, -0.2) is 0 Å². The van der Waals surface area contributed by atoms with E-state index in [1.807, 2.05) is 78.9 Å². The van der Waals surface area contributed by atoms with E-state index < -0.39 is 48.3 Å². The number of hydrogen-bond donors (Lipinski definition) is 0. The van der Waals surface area contributed by atoms with E-state index in [1.165, 1.54) is 0 Å². The van der Waals surface area contributed by atoms with Crippen LogP contribution in [-0.2, 0) is 0 Å². The second kappa shape index (κ2) is 11.1. The molecule has 0 amide bonds. The van der Waals surface area contributed by atoms with Gasteiger partial charge in [0.25, 0.3) is 0 Å². The minimum atomic E-state index is -0.593. The highest BCUT2D eigenvalue weighted by Gasteiger charge is 2.21. The van der Waals surface area contributed by atoms with E-state index >= 15 is 0 Å². The molecule has 0 spiro atoms. The van der Waals surface area contributed by atoms with Crippen LogP contribution < -0.4 is 0 Å². The largest absolute Gasteiger partial charge is 0.456 e. The molecule has 49 heavy (non-hydrogen) atoms. The molecular formula is C48H30O. The lowest BCUT2D eigenvalue weighted by molar-refractivity contribution is 0.669. The fourth-order valence-electron chi connectivity index (χ4n) is 7.34. The molecule has 0 radical (unpaired) electrons. The smallest absolute Gasteiger partial charge is 0.136 e. The predicted octanol–water partition coefficient (Wildman–Crippen LogP) is 13.7. The maximum Gasteiger partial charge on any atom is 0.136 e. The molecule has 0 aliphatic rings. The molecule has 0 bridgehead atoms. The fourth-order valence-corrected chi connectivity index (χ4v) is 7.34. The number of furan rings is 1. The van der Waals surface area contributed by atoms with Gasteiger partial charge in [0, 0.05) is 10.8 Å². The summed E-state index contributed by atoms with van der Waals surface area (Å²) >= 11 is 0. The van der Waals surface area contributed by atoms with Crippen molar-refractivity contribution in [3.05, 3.63) is 182 Å². The number of benzene rings is 9. The van der Waals surface area contributed by atoms with Crippen molar-refractivity contribution in [2.45, 2.75) is 0 Å². The zero-order chi connectivity index (χ0) is 40.1.